The van der Waals surface area contributed by atoms with Crippen molar-refractivity contribution in [3.63, 3.8) is 0 Å². The molecule has 0 bridgehead atoms. The molecular formula is C57H35N5O. The highest BCUT2D eigenvalue weighted by atomic mass is 16.3. The van der Waals surface area contributed by atoms with Gasteiger partial charge in [0.15, 0.2) is 17.5 Å². The highest BCUT2D eigenvalue weighted by Crippen LogP contribution is 2.45. The van der Waals surface area contributed by atoms with Crippen molar-refractivity contribution in [1.29, 1.82) is 0 Å². The lowest BCUT2D eigenvalue weighted by Crippen LogP contribution is -2.01. The summed E-state index contributed by atoms with van der Waals surface area (Å²) in [5.41, 5.74) is 13.4. The van der Waals surface area contributed by atoms with Crippen LogP contribution in [0, 0.1) is 0 Å². The first-order valence-corrected chi connectivity index (χ1v) is 21.2. The molecule has 0 fully saturated rings. The molecule has 6 heteroatoms. The Labute approximate surface area is 361 Å². The zero-order valence-corrected chi connectivity index (χ0v) is 33.9. The summed E-state index contributed by atoms with van der Waals surface area (Å²) in [6.07, 6.45) is 0. The van der Waals surface area contributed by atoms with E-state index in [1.807, 2.05) is 60.7 Å². The quantitative estimate of drug-likeness (QED) is 0.168. The fraction of sp³-hybridized carbons (Fsp3) is 0. The molecule has 0 aliphatic heterocycles. The molecular weight excluding hydrogens is 771 g/mol. The molecule has 13 rings (SSSR count). The standard InChI is InChI=1S/C57H35N5O/c1-5-17-36(18-6-1)41-26-15-27-43-42-25-13-14-29-47(42)62(52(41)43)49-30-16-28-45-51-48(61(53(45)49)40-23-11-4-12-24-40)33-32-44-46-35-39(31-34-50(46)63-54(44)51)57-59-55(37-19-7-2-8-20-37)58-56(60-57)38-21-9-3-10-22-38/h1-35H. The summed E-state index contributed by atoms with van der Waals surface area (Å²) in [5, 5.41) is 6.63. The lowest BCUT2D eigenvalue weighted by atomic mass is 10.0. The Morgan fingerprint density at radius 1 is 0.349 bits per heavy atom. The van der Waals surface area contributed by atoms with E-state index < -0.39 is 0 Å². The normalized spacial score (nSPS) is 11.8. The number of rotatable bonds is 6. The van der Waals surface area contributed by atoms with Crippen LogP contribution in [0.15, 0.2) is 217 Å². The fourth-order valence-electron chi connectivity index (χ4n) is 9.59. The molecule has 13 aromatic rings. The monoisotopic (exact) mass is 805 g/mol. The van der Waals surface area contributed by atoms with Crippen molar-refractivity contribution in [3.8, 4) is 56.7 Å². The summed E-state index contributed by atoms with van der Waals surface area (Å²) in [5.74, 6) is 1.86. The maximum Gasteiger partial charge on any atom is 0.164 e. The van der Waals surface area contributed by atoms with Crippen molar-refractivity contribution in [2.75, 3.05) is 0 Å². The van der Waals surface area contributed by atoms with Gasteiger partial charge in [0.25, 0.3) is 0 Å². The summed E-state index contributed by atoms with van der Waals surface area (Å²) >= 11 is 0. The lowest BCUT2D eigenvalue weighted by molar-refractivity contribution is 0.673. The predicted molar refractivity (Wildman–Crippen MR) is 258 cm³/mol. The number of para-hydroxylation sites is 4. The van der Waals surface area contributed by atoms with Crippen molar-refractivity contribution >= 4 is 65.6 Å². The van der Waals surface area contributed by atoms with Crippen LogP contribution in [0.1, 0.15) is 0 Å². The Balaban J connectivity index is 1.08. The van der Waals surface area contributed by atoms with Crippen LogP contribution < -0.4 is 0 Å². The largest absolute Gasteiger partial charge is 0.455 e. The van der Waals surface area contributed by atoms with Gasteiger partial charge >= 0.3 is 0 Å². The number of aromatic nitrogens is 5. The average Bonchev–Trinajstić information content (AvgIpc) is 4.02. The van der Waals surface area contributed by atoms with E-state index in [4.69, 9.17) is 19.4 Å². The molecule has 0 saturated heterocycles. The zero-order valence-electron chi connectivity index (χ0n) is 33.9. The van der Waals surface area contributed by atoms with E-state index >= 15 is 0 Å². The average molecular weight is 806 g/mol. The number of benzene rings is 9. The molecule has 0 aliphatic rings. The summed E-state index contributed by atoms with van der Waals surface area (Å²) in [6, 6.07) is 74.4. The van der Waals surface area contributed by atoms with Crippen LogP contribution in [-0.4, -0.2) is 24.1 Å². The predicted octanol–water partition coefficient (Wildman–Crippen LogP) is 14.6. The molecule has 63 heavy (non-hydrogen) atoms. The topological polar surface area (TPSA) is 61.7 Å². The molecule has 0 spiro atoms. The van der Waals surface area contributed by atoms with E-state index in [-0.39, 0.29) is 0 Å². The van der Waals surface area contributed by atoms with Crippen LogP contribution in [-0.2, 0) is 0 Å². The van der Waals surface area contributed by atoms with Crippen LogP contribution in [0.5, 0.6) is 0 Å². The van der Waals surface area contributed by atoms with E-state index in [0.717, 1.165) is 77.3 Å². The number of fused-ring (bicyclic) bond motifs is 10. The third-order valence-corrected chi connectivity index (χ3v) is 12.4. The van der Waals surface area contributed by atoms with Crippen LogP contribution in [0.25, 0.3) is 122 Å². The molecule has 0 amide bonds. The summed E-state index contributed by atoms with van der Waals surface area (Å²) in [4.78, 5) is 15.0. The molecule has 4 aromatic heterocycles. The van der Waals surface area contributed by atoms with E-state index in [9.17, 15) is 0 Å². The molecule has 9 aromatic carbocycles. The molecule has 0 atom stereocenters. The second-order valence-electron chi connectivity index (χ2n) is 16.0. The van der Waals surface area contributed by atoms with E-state index in [2.05, 4.69) is 161 Å². The fourth-order valence-corrected chi connectivity index (χ4v) is 9.59. The minimum atomic E-state index is 0.603. The highest BCUT2D eigenvalue weighted by Gasteiger charge is 2.24. The first-order valence-electron chi connectivity index (χ1n) is 21.2. The van der Waals surface area contributed by atoms with Crippen molar-refractivity contribution in [2.24, 2.45) is 0 Å². The summed E-state index contributed by atoms with van der Waals surface area (Å²) < 4.78 is 11.9. The van der Waals surface area contributed by atoms with Gasteiger partial charge in [0.2, 0.25) is 0 Å². The van der Waals surface area contributed by atoms with Gasteiger partial charge in [-0.2, -0.15) is 0 Å². The molecule has 0 aliphatic carbocycles. The first kappa shape index (κ1) is 35.2. The maximum absolute atomic E-state index is 6.97. The molecule has 0 radical (unpaired) electrons. The highest BCUT2D eigenvalue weighted by molar-refractivity contribution is 6.25. The second-order valence-corrected chi connectivity index (χ2v) is 16.0. The Morgan fingerprint density at radius 2 is 0.937 bits per heavy atom. The second kappa shape index (κ2) is 14.0. The molecule has 6 nitrogen and oxygen atoms in total. The van der Waals surface area contributed by atoms with Gasteiger partial charge in [0, 0.05) is 54.9 Å². The molecule has 0 unspecified atom stereocenters. The van der Waals surface area contributed by atoms with Crippen molar-refractivity contribution in [3.05, 3.63) is 212 Å². The van der Waals surface area contributed by atoms with E-state index in [0.29, 0.717) is 17.5 Å². The van der Waals surface area contributed by atoms with Gasteiger partial charge in [-0.05, 0) is 60.2 Å². The van der Waals surface area contributed by atoms with Crippen molar-refractivity contribution in [2.45, 2.75) is 0 Å². The third kappa shape index (κ3) is 5.48. The van der Waals surface area contributed by atoms with Gasteiger partial charge in [-0.3, -0.25) is 0 Å². The van der Waals surface area contributed by atoms with Crippen molar-refractivity contribution < 1.29 is 4.42 Å². The van der Waals surface area contributed by atoms with Gasteiger partial charge in [-0.15, -0.1) is 0 Å². The van der Waals surface area contributed by atoms with Gasteiger partial charge in [0.1, 0.15) is 11.2 Å². The molecule has 0 N–H and O–H groups in total. The Hall–Kier alpha value is -8.61. The summed E-state index contributed by atoms with van der Waals surface area (Å²) in [7, 11) is 0. The Morgan fingerprint density at radius 3 is 1.65 bits per heavy atom. The van der Waals surface area contributed by atoms with E-state index in [1.165, 1.54) is 27.4 Å². The van der Waals surface area contributed by atoms with Crippen LogP contribution in [0.3, 0.4) is 0 Å². The summed E-state index contributed by atoms with van der Waals surface area (Å²) in [6.45, 7) is 0. The SMILES string of the molecule is c1ccc(-c2nc(-c3ccccc3)nc(-c3ccc4oc5c(ccc6c5c5cccc(-n7c8ccccc8c8cccc(-c9ccccc9)c87)c5n6-c5ccccc5)c4c3)n2)cc1. The Kier molecular flexibility index (Phi) is 7.80. The van der Waals surface area contributed by atoms with Crippen LogP contribution in [0.2, 0.25) is 0 Å². The molecule has 4 heterocycles. The maximum atomic E-state index is 6.97. The zero-order chi connectivity index (χ0) is 41.4. The van der Waals surface area contributed by atoms with Gasteiger partial charge in [-0.1, -0.05) is 158 Å². The third-order valence-electron chi connectivity index (χ3n) is 12.4. The first-order chi connectivity index (χ1) is 31.3. The van der Waals surface area contributed by atoms with Crippen molar-refractivity contribution in [1.82, 2.24) is 24.1 Å². The number of nitrogens with zero attached hydrogens (tertiary/aromatic N) is 5. The van der Waals surface area contributed by atoms with E-state index in [1.54, 1.807) is 0 Å². The van der Waals surface area contributed by atoms with Gasteiger partial charge in [0.05, 0.1) is 33.1 Å². The van der Waals surface area contributed by atoms with Gasteiger partial charge < -0.3 is 13.6 Å². The number of furan rings is 1. The molecule has 294 valence electrons. The smallest absolute Gasteiger partial charge is 0.164 e. The Bertz CT molecular complexity index is 3830. The van der Waals surface area contributed by atoms with Gasteiger partial charge in [-0.25, -0.2) is 15.0 Å². The molecule has 0 saturated carbocycles. The minimum Gasteiger partial charge on any atom is -0.455 e. The number of hydrogen-bond donors (Lipinski definition) is 0. The lowest BCUT2D eigenvalue weighted by Gasteiger charge is -2.16. The van der Waals surface area contributed by atoms with Crippen LogP contribution >= 0.6 is 0 Å². The van der Waals surface area contributed by atoms with Crippen LogP contribution in [0.4, 0.5) is 0 Å². The minimum absolute atomic E-state index is 0.603. The number of hydrogen-bond acceptors (Lipinski definition) is 4.